The van der Waals surface area contributed by atoms with E-state index in [2.05, 4.69) is 15.8 Å². The second-order valence-electron chi connectivity index (χ2n) is 6.31. The van der Waals surface area contributed by atoms with Gasteiger partial charge < -0.3 is 19.9 Å². The van der Waals surface area contributed by atoms with Crippen LogP contribution in [0.1, 0.15) is 31.1 Å². The van der Waals surface area contributed by atoms with E-state index in [1.165, 1.54) is 0 Å². The Kier molecular flexibility index (Phi) is 8.06. The van der Waals surface area contributed by atoms with Gasteiger partial charge in [-0.15, -0.1) is 11.8 Å². The first kappa shape index (κ1) is 21.5. The van der Waals surface area contributed by atoms with Crippen LogP contribution in [0.5, 0.6) is 0 Å². The molecule has 0 atom stereocenters. The minimum absolute atomic E-state index is 0.0406. The Morgan fingerprint density at radius 2 is 1.89 bits per heavy atom. The molecule has 0 aliphatic carbocycles. The number of rotatable bonds is 9. The average molecular weight is 405 g/mol. The van der Waals surface area contributed by atoms with E-state index in [4.69, 9.17) is 9.26 Å². The van der Waals surface area contributed by atoms with E-state index in [1.54, 1.807) is 19.1 Å². The Labute approximate surface area is 167 Å². The van der Waals surface area contributed by atoms with Crippen molar-refractivity contribution in [1.29, 1.82) is 0 Å². The Bertz CT molecular complexity index is 834. The maximum atomic E-state index is 12.0. The number of anilines is 2. The van der Waals surface area contributed by atoms with Crippen LogP contribution in [0.3, 0.4) is 0 Å². The predicted molar refractivity (Wildman–Crippen MR) is 107 cm³/mol. The molecule has 2 aromatic rings. The SMILES string of the molecule is Cc1cc(NC(=O)CSCC(=O)OCC(=O)Nc2ccccc2C(C)C)no1. The van der Waals surface area contributed by atoms with Crippen LogP contribution in [0.25, 0.3) is 0 Å². The standard InChI is InChI=1S/C19H23N3O5S/c1-12(2)14-6-4-5-7-15(14)20-17(23)9-26-19(25)11-28-10-18(24)21-16-8-13(3)27-22-16/h4-8,12H,9-11H2,1-3H3,(H,20,23)(H,21,22,24). The minimum Gasteiger partial charge on any atom is -0.455 e. The number of nitrogens with one attached hydrogen (secondary N) is 2. The summed E-state index contributed by atoms with van der Waals surface area (Å²) >= 11 is 1.08. The fraction of sp³-hybridized carbons (Fsp3) is 0.368. The highest BCUT2D eigenvalue weighted by Crippen LogP contribution is 2.23. The molecule has 0 spiro atoms. The van der Waals surface area contributed by atoms with Gasteiger partial charge in [0.2, 0.25) is 5.91 Å². The van der Waals surface area contributed by atoms with Crippen LogP contribution in [0.4, 0.5) is 11.5 Å². The molecule has 0 aliphatic rings. The highest BCUT2D eigenvalue weighted by atomic mass is 32.2. The molecule has 0 bridgehead atoms. The van der Waals surface area contributed by atoms with Crippen LogP contribution < -0.4 is 10.6 Å². The molecule has 1 aromatic heterocycles. The van der Waals surface area contributed by atoms with Gasteiger partial charge in [-0.3, -0.25) is 14.4 Å². The molecule has 9 heteroatoms. The monoisotopic (exact) mass is 405 g/mol. The summed E-state index contributed by atoms with van der Waals surface area (Å²) in [5.74, 6) is -0.120. The molecule has 2 amide bonds. The number of benzene rings is 1. The summed E-state index contributed by atoms with van der Waals surface area (Å²) in [6.07, 6.45) is 0. The van der Waals surface area contributed by atoms with Crippen molar-refractivity contribution in [2.75, 3.05) is 28.7 Å². The molecule has 0 radical (unpaired) electrons. The van der Waals surface area contributed by atoms with E-state index in [9.17, 15) is 14.4 Å². The largest absolute Gasteiger partial charge is 0.455 e. The van der Waals surface area contributed by atoms with Crippen molar-refractivity contribution in [2.24, 2.45) is 0 Å². The van der Waals surface area contributed by atoms with Crippen LogP contribution in [-0.4, -0.2) is 41.1 Å². The van der Waals surface area contributed by atoms with Crippen molar-refractivity contribution in [3.05, 3.63) is 41.7 Å². The average Bonchev–Trinajstić information content (AvgIpc) is 3.05. The van der Waals surface area contributed by atoms with Gasteiger partial charge in [0.15, 0.2) is 12.4 Å². The maximum absolute atomic E-state index is 12.0. The molecule has 0 saturated heterocycles. The first-order chi connectivity index (χ1) is 13.3. The summed E-state index contributed by atoms with van der Waals surface area (Å²) in [5.41, 5.74) is 1.71. The minimum atomic E-state index is -0.567. The van der Waals surface area contributed by atoms with Crippen molar-refractivity contribution < 1.29 is 23.6 Å². The van der Waals surface area contributed by atoms with Crippen LogP contribution >= 0.6 is 11.8 Å². The molecule has 1 heterocycles. The topological polar surface area (TPSA) is 111 Å². The summed E-state index contributed by atoms with van der Waals surface area (Å²) in [6, 6.07) is 9.07. The number of carbonyl (C=O) groups excluding carboxylic acids is 3. The van der Waals surface area contributed by atoms with E-state index in [1.807, 2.05) is 32.0 Å². The number of hydrogen-bond acceptors (Lipinski definition) is 7. The number of ether oxygens (including phenoxy) is 1. The number of carbonyl (C=O) groups is 3. The highest BCUT2D eigenvalue weighted by Gasteiger charge is 2.13. The molecule has 0 aliphatic heterocycles. The lowest BCUT2D eigenvalue weighted by Gasteiger charge is -2.13. The van der Waals surface area contributed by atoms with Gasteiger partial charge in [-0.05, 0) is 24.5 Å². The van der Waals surface area contributed by atoms with E-state index < -0.39 is 11.9 Å². The van der Waals surface area contributed by atoms with Gasteiger partial charge in [0.25, 0.3) is 5.91 Å². The van der Waals surface area contributed by atoms with Gasteiger partial charge in [0.1, 0.15) is 5.76 Å². The molecule has 0 saturated carbocycles. The maximum Gasteiger partial charge on any atom is 0.316 e. The summed E-state index contributed by atoms with van der Waals surface area (Å²) in [4.78, 5) is 35.5. The number of esters is 1. The molecule has 2 N–H and O–H groups in total. The zero-order chi connectivity index (χ0) is 20.5. The Morgan fingerprint density at radius 3 is 2.57 bits per heavy atom. The smallest absolute Gasteiger partial charge is 0.316 e. The quantitative estimate of drug-likeness (QED) is 0.617. The number of aromatic nitrogens is 1. The lowest BCUT2D eigenvalue weighted by atomic mass is 10.0. The van der Waals surface area contributed by atoms with Crippen molar-refractivity contribution in [3.63, 3.8) is 0 Å². The normalized spacial score (nSPS) is 10.6. The zero-order valence-electron chi connectivity index (χ0n) is 16.0. The van der Waals surface area contributed by atoms with Crippen LogP contribution in [0.15, 0.2) is 34.9 Å². The van der Waals surface area contributed by atoms with Crippen molar-refractivity contribution >= 4 is 41.1 Å². The zero-order valence-corrected chi connectivity index (χ0v) is 16.8. The van der Waals surface area contributed by atoms with E-state index in [0.29, 0.717) is 17.3 Å². The van der Waals surface area contributed by atoms with Crippen LogP contribution in [-0.2, 0) is 19.1 Å². The van der Waals surface area contributed by atoms with Crippen molar-refractivity contribution in [3.8, 4) is 0 Å². The Balaban J connectivity index is 1.66. The van der Waals surface area contributed by atoms with Crippen molar-refractivity contribution in [1.82, 2.24) is 5.16 Å². The number of nitrogens with zero attached hydrogens (tertiary/aromatic N) is 1. The summed E-state index contributed by atoms with van der Waals surface area (Å²) in [5, 5.41) is 8.94. The first-order valence-corrected chi connectivity index (χ1v) is 9.86. The fourth-order valence-corrected chi connectivity index (χ4v) is 2.93. The summed E-state index contributed by atoms with van der Waals surface area (Å²) in [6.45, 7) is 5.39. The van der Waals surface area contributed by atoms with E-state index in [0.717, 1.165) is 17.3 Å². The molecule has 0 fully saturated rings. The Hall–Kier alpha value is -2.81. The van der Waals surface area contributed by atoms with Gasteiger partial charge in [-0.1, -0.05) is 37.2 Å². The molecule has 150 valence electrons. The number of thioether (sulfide) groups is 1. The third kappa shape index (κ3) is 7.07. The number of aryl methyl sites for hydroxylation is 1. The van der Waals surface area contributed by atoms with Gasteiger partial charge in [0, 0.05) is 11.8 Å². The van der Waals surface area contributed by atoms with Crippen LogP contribution in [0, 0.1) is 6.92 Å². The third-order valence-corrected chi connectivity index (χ3v) is 4.48. The number of para-hydroxylation sites is 1. The molecular weight excluding hydrogens is 382 g/mol. The van der Waals surface area contributed by atoms with Crippen molar-refractivity contribution in [2.45, 2.75) is 26.7 Å². The summed E-state index contributed by atoms with van der Waals surface area (Å²) < 4.78 is 9.79. The molecular formula is C19H23N3O5S. The van der Waals surface area contributed by atoms with Gasteiger partial charge >= 0.3 is 5.97 Å². The lowest BCUT2D eigenvalue weighted by Crippen LogP contribution is -2.23. The summed E-state index contributed by atoms with van der Waals surface area (Å²) in [7, 11) is 0. The Morgan fingerprint density at radius 1 is 1.14 bits per heavy atom. The predicted octanol–water partition coefficient (Wildman–Crippen LogP) is 2.96. The third-order valence-electron chi connectivity index (χ3n) is 3.57. The van der Waals surface area contributed by atoms with Gasteiger partial charge in [-0.2, -0.15) is 0 Å². The molecule has 2 rings (SSSR count). The van der Waals surface area contributed by atoms with Gasteiger partial charge in [0.05, 0.1) is 11.5 Å². The molecule has 28 heavy (non-hydrogen) atoms. The molecule has 1 aromatic carbocycles. The highest BCUT2D eigenvalue weighted by molar-refractivity contribution is 8.00. The van der Waals surface area contributed by atoms with E-state index >= 15 is 0 Å². The second-order valence-corrected chi connectivity index (χ2v) is 7.30. The number of hydrogen-bond donors (Lipinski definition) is 2. The van der Waals surface area contributed by atoms with E-state index in [-0.39, 0.29) is 29.9 Å². The van der Waals surface area contributed by atoms with Gasteiger partial charge in [-0.25, -0.2) is 0 Å². The second kappa shape index (κ2) is 10.5. The molecule has 8 nitrogen and oxygen atoms in total. The van der Waals surface area contributed by atoms with Crippen LogP contribution in [0.2, 0.25) is 0 Å². The lowest BCUT2D eigenvalue weighted by molar-refractivity contribution is -0.144. The first-order valence-electron chi connectivity index (χ1n) is 8.70. The fourth-order valence-electron chi connectivity index (χ4n) is 2.32. The molecule has 0 unspecified atom stereocenters. The number of amides is 2.